The van der Waals surface area contributed by atoms with Gasteiger partial charge in [0, 0.05) is 6.07 Å². The van der Waals surface area contributed by atoms with Gasteiger partial charge in [-0.25, -0.2) is 8.42 Å². The molecule has 1 aromatic carbocycles. The van der Waals surface area contributed by atoms with Crippen LogP contribution in [-0.4, -0.2) is 44.4 Å². The molecular formula is C21H20N4O6S. The average molecular weight is 456 g/mol. The van der Waals surface area contributed by atoms with Gasteiger partial charge < -0.3 is 9.47 Å². The van der Waals surface area contributed by atoms with Gasteiger partial charge in [-0.1, -0.05) is 12.2 Å². The Bertz CT molecular complexity index is 1190. The van der Waals surface area contributed by atoms with Crippen molar-refractivity contribution in [2.75, 3.05) is 23.8 Å². The topological polar surface area (TPSA) is 128 Å². The molecule has 1 saturated heterocycles. The molecule has 2 aromatic rings. The van der Waals surface area contributed by atoms with E-state index in [0.29, 0.717) is 5.69 Å². The zero-order valence-corrected chi connectivity index (χ0v) is 18.1. The molecule has 1 N–H and O–H groups in total. The number of amides is 2. The number of allylic oxidation sites excluding steroid dienone is 2. The second kappa shape index (κ2) is 7.30. The fourth-order valence-electron chi connectivity index (χ4n) is 4.78. The first-order valence-corrected chi connectivity index (χ1v) is 11.5. The summed E-state index contributed by atoms with van der Waals surface area (Å²) in [5, 5.41) is 0. The number of rotatable bonds is 6. The van der Waals surface area contributed by atoms with Gasteiger partial charge in [-0.15, -0.1) is 0 Å². The average Bonchev–Trinajstić information content (AvgIpc) is 3.47. The first-order valence-electron chi connectivity index (χ1n) is 9.98. The standard InChI is InChI=1S/C21H20N4O6S/c1-30-16-10-15(22-21(23-16)31-2)24-32(28,29)14-7-5-13(6-8-14)25-19(26)17-11-3-4-12(9-11)18(17)20(25)27/h3-8,10-12,17-18H,9H2,1-2H3,(H,22,23,24)/t11-,12-,17-,18-/m0/s1. The lowest BCUT2D eigenvalue weighted by atomic mass is 9.85. The van der Waals surface area contributed by atoms with Crippen molar-refractivity contribution < 1.29 is 27.5 Å². The van der Waals surface area contributed by atoms with E-state index in [-0.39, 0.29) is 58.1 Å². The van der Waals surface area contributed by atoms with E-state index in [1.807, 2.05) is 12.2 Å². The maximum Gasteiger partial charge on any atom is 0.321 e. The van der Waals surface area contributed by atoms with Crippen molar-refractivity contribution in [2.24, 2.45) is 23.7 Å². The molecule has 2 bridgehead atoms. The summed E-state index contributed by atoms with van der Waals surface area (Å²) in [6.45, 7) is 0. The summed E-state index contributed by atoms with van der Waals surface area (Å²) >= 11 is 0. The molecule has 1 aliphatic heterocycles. The number of benzene rings is 1. The minimum atomic E-state index is -4.00. The molecule has 11 heteroatoms. The number of anilines is 2. The Morgan fingerprint density at radius 3 is 2.16 bits per heavy atom. The molecule has 10 nitrogen and oxygen atoms in total. The molecule has 0 spiro atoms. The molecule has 3 aliphatic rings. The number of nitrogens with one attached hydrogen (secondary N) is 1. The van der Waals surface area contributed by atoms with Crippen LogP contribution in [-0.2, 0) is 19.6 Å². The molecule has 166 valence electrons. The number of hydrogen-bond donors (Lipinski definition) is 1. The highest BCUT2D eigenvalue weighted by atomic mass is 32.2. The van der Waals surface area contributed by atoms with E-state index in [4.69, 9.17) is 9.47 Å². The maximum absolute atomic E-state index is 12.9. The van der Waals surface area contributed by atoms with Crippen LogP contribution in [0.1, 0.15) is 6.42 Å². The van der Waals surface area contributed by atoms with Gasteiger partial charge >= 0.3 is 6.01 Å². The van der Waals surface area contributed by atoms with Crippen LogP contribution in [0.2, 0.25) is 0 Å². The monoisotopic (exact) mass is 456 g/mol. The molecule has 32 heavy (non-hydrogen) atoms. The highest BCUT2D eigenvalue weighted by Crippen LogP contribution is 2.53. The third kappa shape index (κ3) is 3.11. The number of carbonyl (C=O) groups excluding carboxylic acids is 2. The van der Waals surface area contributed by atoms with Gasteiger partial charge in [-0.05, 0) is 42.5 Å². The van der Waals surface area contributed by atoms with Gasteiger partial charge in [0.1, 0.15) is 0 Å². The Morgan fingerprint density at radius 2 is 1.59 bits per heavy atom. The van der Waals surface area contributed by atoms with Crippen LogP contribution in [0.5, 0.6) is 11.9 Å². The number of carbonyl (C=O) groups is 2. The van der Waals surface area contributed by atoms with E-state index in [1.54, 1.807) is 0 Å². The lowest BCUT2D eigenvalue weighted by Gasteiger charge is -2.17. The van der Waals surface area contributed by atoms with Crippen molar-refractivity contribution in [3.63, 3.8) is 0 Å². The number of nitrogens with zero attached hydrogens (tertiary/aromatic N) is 3. The fraction of sp³-hybridized carbons (Fsp3) is 0.333. The molecule has 2 heterocycles. The summed E-state index contributed by atoms with van der Waals surface area (Å²) in [6, 6.07) is 6.86. The summed E-state index contributed by atoms with van der Waals surface area (Å²) in [5.74, 6) is -0.746. The van der Waals surface area contributed by atoms with Gasteiger partial charge in [0.15, 0.2) is 5.82 Å². The molecule has 0 radical (unpaired) electrons. The van der Waals surface area contributed by atoms with E-state index < -0.39 is 10.0 Å². The lowest BCUT2D eigenvalue weighted by Crippen LogP contribution is -2.32. The number of aromatic nitrogens is 2. The van der Waals surface area contributed by atoms with E-state index in [1.165, 1.54) is 49.5 Å². The van der Waals surface area contributed by atoms with Crippen LogP contribution < -0.4 is 19.1 Å². The van der Waals surface area contributed by atoms with E-state index in [2.05, 4.69) is 14.7 Å². The maximum atomic E-state index is 12.9. The summed E-state index contributed by atoms with van der Waals surface area (Å²) in [7, 11) is -1.27. The molecule has 5 rings (SSSR count). The third-order valence-corrected chi connectivity index (χ3v) is 7.56. The SMILES string of the molecule is COc1cc(NS(=O)(=O)c2ccc(N3C(=O)[C@@H]4[C@@H](C3=O)[C@H]3C=C[C@H]4C3)cc2)nc(OC)n1. The predicted octanol–water partition coefficient (Wildman–Crippen LogP) is 1.61. The van der Waals surface area contributed by atoms with Crippen LogP contribution in [0.3, 0.4) is 0 Å². The summed E-state index contributed by atoms with van der Waals surface area (Å²) in [5.41, 5.74) is 0.359. The minimum absolute atomic E-state index is 0.0292. The highest BCUT2D eigenvalue weighted by molar-refractivity contribution is 7.92. The van der Waals surface area contributed by atoms with Crippen molar-refractivity contribution >= 4 is 33.3 Å². The van der Waals surface area contributed by atoms with E-state index in [9.17, 15) is 18.0 Å². The van der Waals surface area contributed by atoms with E-state index in [0.717, 1.165) is 6.42 Å². The second-order valence-corrected chi connectivity index (χ2v) is 9.58. The number of imide groups is 1. The number of hydrogen-bond acceptors (Lipinski definition) is 8. The summed E-state index contributed by atoms with van der Waals surface area (Å²) in [6.07, 6.45) is 4.90. The van der Waals surface area contributed by atoms with Crippen molar-refractivity contribution in [2.45, 2.75) is 11.3 Å². The van der Waals surface area contributed by atoms with Gasteiger partial charge in [0.2, 0.25) is 17.7 Å². The quantitative estimate of drug-likeness (QED) is 0.513. The van der Waals surface area contributed by atoms with Crippen LogP contribution in [0.4, 0.5) is 11.5 Å². The van der Waals surface area contributed by atoms with Gasteiger partial charge in [-0.2, -0.15) is 9.97 Å². The van der Waals surface area contributed by atoms with Gasteiger partial charge in [0.25, 0.3) is 10.0 Å². The fourth-order valence-corrected chi connectivity index (χ4v) is 5.77. The largest absolute Gasteiger partial charge is 0.481 e. The van der Waals surface area contributed by atoms with Crippen LogP contribution in [0.25, 0.3) is 0 Å². The predicted molar refractivity (Wildman–Crippen MR) is 113 cm³/mol. The Kier molecular flexibility index (Phi) is 4.66. The molecule has 2 aliphatic carbocycles. The molecule has 4 atom stereocenters. The molecule has 0 unspecified atom stereocenters. The van der Waals surface area contributed by atoms with Crippen molar-refractivity contribution in [3.8, 4) is 11.9 Å². The third-order valence-electron chi connectivity index (χ3n) is 6.19. The number of ether oxygens (including phenoxy) is 2. The smallest absolute Gasteiger partial charge is 0.321 e. The molecule has 2 amide bonds. The lowest BCUT2D eigenvalue weighted by molar-refractivity contribution is -0.123. The first-order chi connectivity index (χ1) is 15.3. The summed E-state index contributed by atoms with van der Waals surface area (Å²) < 4.78 is 37.9. The second-order valence-electron chi connectivity index (χ2n) is 7.89. The Morgan fingerprint density at radius 1 is 0.969 bits per heavy atom. The first kappa shape index (κ1) is 20.4. The van der Waals surface area contributed by atoms with Crippen molar-refractivity contribution in [1.29, 1.82) is 0 Å². The Balaban J connectivity index is 1.38. The Hall–Kier alpha value is -3.47. The van der Waals surface area contributed by atoms with Crippen molar-refractivity contribution in [3.05, 3.63) is 42.5 Å². The zero-order valence-electron chi connectivity index (χ0n) is 17.3. The highest BCUT2D eigenvalue weighted by Gasteiger charge is 2.59. The van der Waals surface area contributed by atoms with Gasteiger partial charge in [0.05, 0.1) is 36.6 Å². The normalized spacial score (nSPS) is 25.9. The number of sulfonamides is 1. The molecule has 2 fully saturated rings. The van der Waals surface area contributed by atoms with Crippen molar-refractivity contribution in [1.82, 2.24) is 9.97 Å². The Labute approximate surface area is 184 Å². The molecule has 1 saturated carbocycles. The van der Waals surface area contributed by atoms with Crippen LogP contribution in [0, 0.1) is 23.7 Å². The minimum Gasteiger partial charge on any atom is -0.481 e. The van der Waals surface area contributed by atoms with E-state index >= 15 is 0 Å². The summed E-state index contributed by atoms with van der Waals surface area (Å²) in [4.78, 5) is 34.9. The molecule has 1 aromatic heterocycles. The van der Waals surface area contributed by atoms with Crippen LogP contribution in [0.15, 0.2) is 47.4 Å². The number of methoxy groups -OCH3 is 2. The number of fused-ring (bicyclic) bond motifs is 5. The van der Waals surface area contributed by atoms with Gasteiger partial charge in [-0.3, -0.25) is 19.2 Å². The molecular weight excluding hydrogens is 436 g/mol. The zero-order chi connectivity index (χ0) is 22.6. The van der Waals surface area contributed by atoms with Crippen LogP contribution >= 0.6 is 0 Å².